The minimum Gasteiger partial charge on any atom is -0.493 e. The SMILES string of the molecule is COc1cc(C(=O)N[C@H]2CN3C(=N)N[C@@H](CN4C(=O)CCC4=O)[C@@H]4NC(=N)N[C@@]43C2(O)O)cc(OC)c1OC. The fourth-order valence-electron chi connectivity index (χ4n) is 5.81. The van der Waals surface area contributed by atoms with Gasteiger partial charge in [-0.2, -0.15) is 0 Å². The molecule has 4 saturated heterocycles. The Balaban J connectivity index is 1.45. The van der Waals surface area contributed by atoms with Crippen molar-refractivity contribution in [3.05, 3.63) is 17.7 Å². The van der Waals surface area contributed by atoms with Crippen LogP contribution in [0.15, 0.2) is 12.1 Å². The number of amides is 3. The van der Waals surface area contributed by atoms with E-state index < -0.39 is 35.5 Å². The quantitative estimate of drug-likeness (QED) is 0.127. The van der Waals surface area contributed by atoms with Crippen molar-refractivity contribution in [2.24, 2.45) is 0 Å². The molecular formula is C23H30N8O8. The molecule has 4 fully saturated rings. The smallest absolute Gasteiger partial charge is 0.252 e. The van der Waals surface area contributed by atoms with E-state index in [1.807, 2.05) is 0 Å². The van der Waals surface area contributed by atoms with Crippen LogP contribution >= 0.6 is 0 Å². The van der Waals surface area contributed by atoms with Gasteiger partial charge in [-0.15, -0.1) is 0 Å². The van der Waals surface area contributed by atoms with Crippen molar-refractivity contribution in [3.63, 3.8) is 0 Å². The summed E-state index contributed by atoms with van der Waals surface area (Å²) < 4.78 is 15.9. The van der Waals surface area contributed by atoms with E-state index in [4.69, 9.17) is 25.0 Å². The lowest BCUT2D eigenvalue weighted by atomic mass is 9.84. The molecule has 3 amide bonds. The van der Waals surface area contributed by atoms with Gasteiger partial charge in [0, 0.05) is 24.9 Å². The summed E-state index contributed by atoms with van der Waals surface area (Å²) >= 11 is 0. The van der Waals surface area contributed by atoms with E-state index >= 15 is 0 Å². The van der Waals surface area contributed by atoms with Gasteiger partial charge in [0.15, 0.2) is 29.1 Å². The van der Waals surface area contributed by atoms with E-state index in [1.165, 1.54) is 38.4 Å². The van der Waals surface area contributed by atoms with Gasteiger partial charge >= 0.3 is 0 Å². The normalized spacial score (nSPS) is 28.8. The lowest BCUT2D eigenvalue weighted by Crippen LogP contribution is -2.81. The molecule has 4 atom stereocenters. The number of guanidine groups is 2. The molecule has 1 spiro atoms. The largest absolute Gasteiger partial charge is 0.493 e. The molecule has 0 aliphatic carbocycles. The maximum absolute atomic E-state index is 13.3. The molecule has 0 aromatic heterocycles. The van der Waals surface area contributed by atoms with Gasteiger partial charge in [-0.05, 0) is 12.1 Å². The molecule has 16 nitrogen and oxygen atoms in total. The minimum atomic E-state index is -2.73. The first kappa shape index (κ1) is 26.3. The van der Waals surface area contributed by atoms with Crippen LogP contribution < -0.4 is 35.5 Å². The van der Waals surface area contributed by atoms with Crippen LogP contribution in [0.1, 0.15) is 23.2 Å². The van der Waals surface area contributed by atoms with Gasteiger partial charge in [0.25, 0.3) is 5.91 Å². The number of aliphatic hydroxyl groups is 2. The van der Waals surface area contributed by atoms with Gasteiger partial charge in [0.2, 0.25) is 23.4 Å². The van der Waals surface area contributed by atoms with Gasteiger partial charge in [-0.1, -0.05) is 0 Å². The molecule has 0 bridgehead atoms. The van der Waals surface area contributed by atoms with Crippen molar-refractivity contribution in [1.29, 1.82) is 10.8 Å². The minimum absolute atomic E-state index is 0.0748. The number of carbonyl (C=O) groups is 3. The fourth-order valence-corrected chi connectivity index (χ4v) is 5.81. The Morgan fingerprint density at radius 1 is 1.08 bits per heavy atom. The monoisotopic (exact) mass is 546 g/mol. The summed E-state index contributed by atoms with van der Waals surface area (Å²) in [6.45, 7) is -0.372. The average Bonchev–Trinajstić information content (AvgIpc) is 3.50. The lowest BCUT2D eigenvalue weighted by molar-refractivity contribution is -0.232. The van der Waals surface area contributed by atoms with Crippen molar-refractivity contribution in [1.82, 2.24) is 31.1 Å². The van der Waals surface area contributed by atoms with Crippen molar-refractivity contribution < 1.29 is 38.8 Å². The van der Waals surface area contributed by atoms with Crippen molar-refractivity contribution >= 4 is 29.6 Å². The number of hydrogen-bond donors (Lipinski definition) is 8. The summed E-state index contributed by atoms with van der Waals surface area (Å²) in [6.07, 6.45) is 0.150. The van der Waals surface area contributed by atoms with Crippen LogP contribution in [0.25, 0.3) is 0 Å². The van der Waals surface area contributed by atoms with Gasteiger partial charge in [0.05, 0.1) is 40.0 Å². The molecule has 16 heteroatoms. The summed E-state index contributed by atoms with van der Waals surface area (Å²) in [5.74, 6) is -3.93. The summed E-state index contributed by atoms with van der Waals surface area (Å²) in [5.41, 5.74) is -1.79. The highest BCUT2D eigenvalue weighted by molar-refractivity contribution is 6.02. The molecule has 4 aliphatic heterocycles. The molecule has 39 heavy (non-hydrogen) atoms. The van der Waals surface area contributed by atoms with Crippen molar-refractivity contribution in [2.75, 3.05) is 34.4 Å². The van der Waals surface area contributed by atoms with E-state index in [-0.39, 0.29) is 72.5 Å². The number of nitrogens with zero attached hydrogens (tertiary/aromatic N) is 2. The number of carbonyl (C=O) groups excluding carboxylic acids is 3. The van der Waals surface area contributed by atoms with Crippen LogP contribution in [0.2, 0.25) is 0 Å². The number of benzene rings is 1. The Morgan fingerprint density at radius 3 is 2.26 bits per heavy atom. The van der Waals surface area contributed by atoms with Crippen LogP contribution in [0.4, 0.5) is 0 Å². The molecule has 4 aliphatic rings. The second-order valence-corrected chi connectivity index (χ2v) is 9.66. The Hall–Kier alpha value is -4.31. The van der Waals surface area contributed by atoms with Gasteiger partial charge < -0.3 is 50.6 Å². The van der Waals surface area contributed by atoms with E-state index in [1.54, 1.807) is 0 Å². The molecule has 210 valence electrons. The molecule has 1 aromatic rings. The number of nitrogens with one attached hydrogen (secondary N) is 6. The molecule has 1 aromatic carbocycles. The van der Waals surface area contributed by atoms with Crippen molar-refractivity contribution in [2.45, 2.75) is 42.4 Å². The molecule has 0 unspecified atom stereocenters. The van der Waals surface area contributed by atoms with Crippen molar-refractivity contribution in [3.8, 4) is 17.2 Å². The average molecular weight is 547 g/mol. The zero-order valence-corrected chi connectivity index (χ0v) is 21.5. The number of hydrogen-bond acceptors (Lipinski definition) is 10. The van der Waals surface area contributed by atoms with Crippen LogP contribution in [-0.4, -0.2) is 114 Å². The Labute approximate surface area is 222 Å². The summed E-state index contributed by atoms with van der Waals surface area (Å²) in [7, 11) is 4.21. The molecular weight excluding hydrogens is 516 g/mol. The number of imide groups is 1. The van der Waals surface area contributed by atoms with E-state index in [2.05, 4.69) is 21.3 Å². The first-order chi connectivity index (χ1) is 18.5. The van der Waals surface area contributed by atoms with Gasteiger partial charge in [-0.25, -0.2) is 0 Å². The third-order valence-corrected chi connectivity index (χ3v) is 7.66. The highest BCUT2D eigenvalue weighted by atomic mass is 16.5. The summed E-state index contributed by atoms with van der Waals surface area (Å²) in [5, 5.41) is 51.1. The Kier molecular flexibility index (Phi) is 6.18. The lowest BCUT2D eigenvalue weighted by Gasteiger charge is -2.51. The molecule has 0 radical (unpaired) electrons. The second kappa shape index (κ2) is 9.16. The summed E-state index contributed by atoms with van der Waals surface area (Å²) in [4.78, 5) is 40.2. The number of ether oxygens (including phenoxy) is 3. The van der Waals surface area contributed by atoms with Crippen LogP contribution in [0, 0.1) is 10.8 Å². The fraction of sp³-hybridized carbons (Fsp3) is 0.522. The third-order valence-electron chi connectivity index (χ3n) is 7.66. The zero-order chi connectivity index (χ0) is 28.3. The molecule has 0 saturated carbocycles. The first-order valence-electron chi connectivity index (χ1n) is 12.1. The Bertz CT molecular complexity index is 1230. The maximum Gasteiger partial charge on any atom is 0.252 e. The molecule has 5 rings (SSSR count). The zero-order valence-electron chi connectivity index (χ0n) is 21.5. The topological polar surface area (TPSA) is 222 Å². The molecule has 4 heterocycles. The number of likely N-dealkylation sites (tertiary alicyclic amines) is 1. The molecule has 8 N–H and O–H groups in total. The Morgan fingerprint density at radius 2 is 1.69 bits per heavy atom. The van der Waals surface area contributed by atoms with Gasteiger partial charge in [-0.3, -0.25) is 30.1 Å². The van der Waals surface area contributed by atoms with Crippen LogP contribution in [0.3, 0.4) is 0 Å². The number of rotatable bonds is 7. The second-order valence-electron chi connectivity index (χ2n) is 9.66. The summed E-state index contributed by atoms with van der Waals surface area (Å²) in [6, 6.07) is -0.365. The third kappa shape index (κ3) is 3.77. The van der Waals surface area contributed by atoms with E-state index in [0.717, 1.165) is 4.90 Å². The van der Waals surface area contributed by atoms with Crippen LogP contribution in [0.5, 0.6) is 17.2 Å². The van der Waals surface area contributed by atoms with Gasteiger partial charge in [0.1, 0.15) is 6.04 Å². The highest BCUT2D eigenvalue weighted by Crippen LogP contribution is 2.43. The predicted octanol–water partition coefficient (Wildman–Crippen LogP) is -2.94. The standard InChI is InChI=1S/C23H30N8O8/c1-37-12-6-10(7-13(38-2)17(12)39-3)19(34)27-14-9-31-21(25)26-11(8-30-15(32)4-5-16(30)33)18-22(31,23(14,35)36)29-20(24)28-18/h6-7,11,14,18,35-36H,4-5,8-9H2,1-3H3,(H2,25,26)(H,27,34)(H3,24,28,29)/t11-,14-,18-,22-/m0/s1. The van der Waals surface area contributed by atoms with E-state index in [0.29, 0.717) is 0 Å². The number of methoxy groups -OCH3 is 3. The van der Waals surface area contributed by atoms with Crippen LogP contribution in [-0.2, 0) is 9.59 Å². The first-order valence-corrected chi connectivity index (χ1v) is 12.1. The predicted molar refractivity (Wildman–Crippen MR) is 132 cm³/mol. The maximum atomic E-state index is 13.3. The van der Waals surface area contributed by atoms with E-state index in [9.17, 15) is 24.6 Å². The highest BCUT2D eigenvalue weighted by Gasteiger charge is 2.74.